The lowest BCUT2D eigenvalue weighted by atomic mass is 10.1. The Balaban J connectivity index is 0.000000344. The minimum absolute atomic E-state index is 0.467. The zero-order valence-corrected chi connectivity index (χ0v) is 13.0. The lowest BCUT2D eigenvalue weighted by Crippen LogP contribution is -2.03. The molecular weight excluding hydrogens is 234 g/mol. The number of aliphatic imine (C=N–C) groups is 1. The van der Waals surface area contributed by atoms with Gasteiger partial charge in [0.1, 0.15) is 0 Å². The minimum atomic E-state index is 0.467. The molecule has 106 valence electrons. The van der Waals surface area contributed by atoms with E-state index in [2.05, 4.69) is 49.8 Å². The number of nitrogens with zero attached hydrogens (tertiary/aromatic N) is 2. The quantitative estimate of drug-likeness (QED) is 0.843. The highest BCUT2D eigenvalue weighted by Crippen LogP contribution is 2.10. The second-order valence-corrected chi connectivity index (χ2v) is 5.02. The SMILES string of the molecule is CN=C(/C=C\N)C(C)C.Cc1cccc(C(C)C)n1. The smallest absolute Gasteiger partial charge is 0.0432 e. The van der Waals surface area contributed by atoms with Gasteiger partial charge in [0.05, 0.1) is 0 Å². The summed E-state index contributed by atoms with van der Waals surface area (Å²) in [5.41, 5.74) is 8.50. The van der Waals surface area contributed by atoms with E-state index in [0.717, 1.165) is 11.4 Å². The van der Waals surface area contributed by atoms with Gasteiger partial charge in [0.25, 0.3) is 0 Å². The number of rotatable bonds is 3. The van der Waals surface area contributed by atoms with Crippen LogP contribution in [0.25, 0.3) is 0 Å². The molecule has 1 aromatic rings. The predicted molar refractivity (Wildman–Crippen MR) is 84.6 cm³/mol. The van der Waals surface area contributed by atoms with Crippen molar-refractivity contribution < 1.29 is 0 Å². The second-order valence-electron chi connectivity index (χ2n) is 5.02. The first-order valence-electron chi connectivity index (χ1n) is 6.70. The van der Waals surface area contributed by atoms with E-state index in [1.165, 1.54) is 11.9 Å². The van der Waals surface area contributed by atoms with E-state index >= 15 is 0 Å². The molecule has 3 nitrogen and oxygen atoms in total. The molecule has 1 aromatic heterocycles. The van der Waals surface area contributed by atoms with Crippen molar-refractivity contribution in [3.63, 3.8) is 0 Å². The van der Waals surface area contributed by atoms with Crippen LogP contribution >= 0.6 is 0 Å². The number of pyridine rings is 1. The van der Waals surface area contributed by atoms with Gasteiger partial charge in [-0.2, -0.15) is 0 Å². The number of aryl methyl sites for hydroxylation is 1. The predicted octanol–water partition coefficient (Wildman–Crippen LogP) is 3.70. The Morgan fingerprint density at radius 3 is 2.16 bits per heavy atom. The maximum Gasteiger partial charge on any atom is 0.0432 e. The van der Waals surface area contributed by atoms with Crippen molar-refractivity contribution in [3.05, 3.63) is 41.9 Å². The Kier molecular flexibility index (Phi) is 8.51. The number of hydrogen-bond donors (Lipinski definition) is 1. The summed E-state index contributed by atoms with van der Waals surface area (Å²) < 4.78 is 0. The van der Waals surface area contributed by atoms with Gasteiger partial charge in [-0.3, -0.25) is 9.98 Å². The second kappa shape index (κ2) is 9.31. The fourth-order valence-corrected chi connectivity index (χ4v) is 1.51. The molecule has 2 N–H and O–H groups in total. The largest absolute Gasteiger partial charge is 0.405 e. The maximum absolute atomic E-state index is 5.18. The first kappa shape index (κ1) is 17.4. The van der Waals surface area contributed by atoms with Gasteiger partial charge in [0.15, 0.2) is 0 Å². The molecule has 1 rings (SSSR count). The normalized spacial score (nSPS) is 11.9. The lowest BCUT2D eigenvalue weighted by molar-refractivity contribution is 0.815. The summed E-state index contributed by atoms with van der Waals surface area (Å²) >= 11 is 0. The Morgan fingerprint density at radius 1 is 1.26 bits per heavy atom. The highest BCUT2D eigenvalue weighted by molar-refractivity contribution is 5.96. The van der Waals surface area contributed by atoms with Crippen LogP contribution in [0.5, 0.6) is 0 Å². The van der Waals surface area contributed by atoms with Gasteiger partial charge in [-0.15, -0.1) is 0 Å². The summed E-state index contributed by atoms with van der Waals surface area (Å²) in [7, 11) is 1.77. The average Bonchev–Trinajstić information content (AvgIpc) is 2.36. The van der Waals surface area contributed by atoms with E-state index in [-0.39, 0.29) is 0 Å². The Morgan fingerprint density at radius 2 is 1.89 bits per heavy atom. The fraction of sp³-hybridized carbons (Fsp3) is 0.500. The van der Waals surface area contributed by atoms with Crippen molar-refractivity contribution in [2.24, 2.45) is 16.6 Å². The zero-order valence-electron chi connectivity index (χ0n) is 13.0. The molecule has 0 bridgehead atoms. The van der Waals surface area contributed by atoms with Gasteiger partial charge in [0, 0.05) is 24.1 Å². The third-order valence-corrected chi connectivity index (χ3v) is 2.62. The van der Waals surface area contributed by atoms with Crippen LogP contribution in [0.15, 0.2) is 35.5 Å². The molecule has 0 aromatic carbocycles. The Labute approximate surface area is 117 Å². The molecule has 0 spiro atoms. The Hall–Kier alpha value is -1.64. The van der Waals surface area contributed by atoms with Crippen molar-refractivity contribution in [1.82, 2.24) is 4.98 Å². The summed E-state index contributed by atoms with van der Waals surface area (Å²) in [5.74, 6) is 1.01. The van der Waals surface area contributed by atoms with Crippen molar-refractivity contribution in [3.8, 4) is 0 Å². The molecule has 0 amide bonds. The van der Waals surface area contributed by atoms with Crippen LogP contribution < -0.4 is 5.73 Å². The van der Waals surface area contributed by atoms with Crippen LogP contribution in [0.3, 0.4) is 0 Å². The van der Waals surface area contributed by atoms with E-state index in [0.29, 0.717) is 11.8 Å². The van der Waals surface area contributed by atoms with Crippen molar-refractivity contribution >= 4 is 5.71 Å². The van der Waals surface area contributed by atoms with Crippen LogP contribution in [-0.2, 0) is 0 Å². The van der Waals surface area contributed by atoms with Gasteiger partial charge in [-0.05, 0) is 43.2 Å². The molecule has 19 heavy (non-hydrogen) atoms. The third-order valence-electron chi connectivity index (χ3n) is 2.62. The number of allylic oxidation sites excluding steroid dienone is 1. The molecule has 3 heteroatoms. The molecule has 0 saturated carbocycles. The molecule has 0 fully saturated rings. The summed E-state index contributed by atoms with van der Waals surface area (Å²) in [4.78, 5) is 8.40. The third kappa shape index (κ3) is 7.39. The fourth-order valence-electron chi connectivity index (χ4n) is 1.51. The number of aromatic nitrogens is 1. The van der Waals surface area contributed by atoms with Crippen molar-refractivity contribution in [1.29, 1.82) is 0 Å². The monoisotopic (exact) mass is 261 g/mol. The summed E-state index contributed by atoms with van der Waals surface area (Å²) in [6.07, 6.45) is 3.34. The van der Waals surface area contributed by atoms with Gasteiger partial charge in [-0.1, -0.05) is 33.8 Å². The van der Waals surface area contributed by atoms with Gasteiger partial charge in [0.2, 0.25) is 0 Å². The van der Waals surface area contributed by atoms with Crippen LogP contribution in [0.4, 0.5) is 0 Å². The molecule has 0 aliphatic carbocycles. The maximum atomic E-state index is 5.18. The van der Waals surface area contributed by atoms with Gasteiger partial charge < -0.3 is 5.73 Å². The van der Waals surface area contributed by atoms with Crippen LogP contribution in [0, 0.1) is 12.8 Å². The topological polar surface area (TPSA) is 51.3 Å². The van der Waals surface area contributed by atoms with E-state index in [9.17, 15) is 0 Å². The molecule has 0 aliphatic heterocycles. The summed E-state index contributed by atoms with van der Waals surface area (Å²) in [6, 6.07) is 6.14. The minimum Gasteiger partial charge on any atom is -0.405 e. The highest BCUT2D eigenvalue weighted by Gasteiger charge is 1.98. The number of hydrogen-bond acceptors (Lipinski definition) is 3. The van der Waals surface area contributed by atoms with E-state index in [1.807, 2.05) is 19.1 Å². The highest BCUT2D eigenvalue weighted by atomic mass is 14.7. The molecule has 1 heterocycles. The average molecular weight is 261 g/mol. The first-order chi connectivity index (χ1) is 8.92. The van der Waals surface area contributed by atoms with Gasteiger partial charge >= 0.3 is 0 Å². The van der Waals surface area contributed by atoms with E-state index in [1.54, 1.807) is 7.05 Å². The van der Waals surface area contributed by atoms with Crippen LogP contribution in [0.1, 0.15) is 45.0 Å². The molecular formula is C16H27N3. The molecule has 0 aliphatic rings. The Bertz CT molecular complexity index is 418. The molecule has 0 atom stereocenters. The number of nitrogens with two attached hydrogens (primary N) is 1. The first-order valence-corrected chi connectivity index (χ1v) is 6.70. The van der Waals surface area contributed by atoms with Crippen molar-refractivity contribution in [2.75, 3.05) is 7.05 Å². The van der Waals surface area contributed by atoms with Crippen molar-refractivity contribution in [2.45, 2.75) is 40.5 Å². The van der Waals surface area contributed by atoms with E-state index in [4.69, 9.17) is 5.73 Å². The van der Waals surface area contributed by atoms with E-state index < -0.39 is 0 Å². The molecule has 0 radical (unpaired) electrons. The summed E-state index contributed by atoms with van der Waals surface area (Å²) in [5, 5.41) is 0. The van der Waals surface area contributed by atoms with Gasteiger partial charge in [-0.25, -0.2) is 0 Å². The zero-order chi connectivity index (χ0) is 14.8. The molecule has 0 unspecified atom stereocenters. The molecule has 0 saturated heterocycles. The lowest BCUT2D eigenvalue weighted by Gasteiger charge is -2.03. The van der Waals surface area contributed by atoms with Crippen LogP contribution in [0.2, 0.25) is 0 Å². The van der Waals surface area contributed by atoms with Crippen LogP contribution in [-0.4, -0.2) is 17.7 Å². The summed E-state index contributed by atoms with van der Waals surface area (Å²) in [6.45, 7) is 10.5. The standard InChI is InChI=1S/C9H13N.C7H14N2/c1-7(2)9-6-4-5-8(3)10-9;1-6(2)7(9-3)4-5-8/h4-7H,1-3H3;4-6H,8H2,1-3H3/b;5-4-,9-7?.